The van der Waals surface area contributed by atoms with E-state index in [0.29, 0.717) is 0 Å². The van der Waals surface area contributed by atoms with Crippen molar-refractivity contribution in [3.63, 3.8) is 0 Å². The van der Waals surface area contributed by atoms with E-state index in [9.17, 15) is 0 Å². The van der Waals surface area contributed by atoms with Gasteiger partial charge in [0.25, 0.3) is 0 Å². The Morgan fingerprint density at radius 2 is 0.672 bits per heavy atom. The standard InChI is InChI=1S/C17H20.C16H18.2C14H16.C12H15N.C12H18.C11H16.C10H20.C8H13N.3CH4/c1-14(2)8-9-15-10-12-17(13-11-15)16-6-4-3-5-7-16;1-13(2)12-14-8-10-16(11-9-14)15-6-4-3-5-7-15;1-11(2)10-13-8-5-7-12-6-3-4-9-14(12)13;1-11(2)9-12-7-8-13-5-3-4-6-14(13)10-12;1-9(2)7-10-8-13-12-6-4-3-5-11(10)12;1-10(2)4-7-12-8-5-11(3)6-9-12;1-10(2)8-9-11-6-4-3-5-7-11;1-9(2)8-10-6-4-3-5-7-10;1-7(2)6-8-4-3-5-9-8;;;/h3-7,10-14H,8-9H2,1-2H3;3-11,13H,12H2,1-2H3;3-9,11H,10H2,1-2H3;3-8,10-11H,9H2,1-2H3;3-6,8-9,13H,7H2,1-2H3;5-6,8-10H,4,7H2,1-3H3;3-7,10H,8-9H2,1-2H3;9-10H,3-8H2,1-2H3;3-5,7,9H,6H2,1-2H3;3*1H4. The van der Waals surface area contributed by atoms with E-state index in [1.165, 1.54) is 195 Å². The highest BCUT2D eigenvalue weighted by Gasteiger charge is 2.14. The second kappa shape index (κ2) is 59.4. The van der Waals surface area contributed by atoms with Crippen molar-refractivity contribution in [3.05, 3.63) is 348 Å². The first-order valence-electron chi connectivity index (χ1n) is 44.9. The molecule has 11 aromatic carbocycles. The molecule has 2 nitrogen and oxygen atoms in total. The summed E-state index contributed by atoms with van der Waals surface area (Å²) >= 11 is 0. The molecule has 0 radical (unpaired) electrons. The second-order valence-electron chi connectivity index (χ2n) is 36.4. The summed E-state index contributed by atoms with van der Waals surface area (Å²) in [7, 11) is 0. The maximum absolute atomic E-state index is 3.29. The molecule has 1 saturated carbocycles. The topological polar surface area (TPSA) is 31.6 Å². The van der Waals surface area contributed by atoms with Crippen molar-refractivity contribution < 1.29 is 0 Å². The van der Waals surface area contributed by atoms with Crippen molar-refractivity contribution in [1.29, 1.82) is 0 Å². The predicted molar refractivity (Wildman–Crippen MR) is 537 cm³/mol. The molecular weight excluding hydrogens is 1430 g/mol. The van der Waals surface area contributed by atoms with Crippen LogP contribution in [0.3, 0.4) is 0 Å². The smallest absolute Gasteiger partial charge is 0.0456 e. The molecule has 1 aliphatic carbocycles. The van der Waals surface area contributed by atoms with Gasteiger partial charge in [0.05, 0.1) is 0 Å². The molecule has 0 atom stereocenters. The summed E-state index contributed by atoms with van der Waals surface area (Å²) in [4.78, 5) is 6.46. The quantitative estimate of drug-likeness (QED) is 0.0640. The van der Waals surface area contributed by atoms with E-state index in [1.807, 2.05) is 12.3 Å². The highest BCUT2D eigenvalue weighted by molar-refractivity contribution is 5.86. The van der Waals surface area contributed by atoms with Crippen LogP contribution in [0.4, 0.5) is 0 Å². The maximum atomic E-state index is 3.29. The first-order chi connectivity index (χ1) is 55.8. The number of H-pyrrole nitrogens is 2. The third-order valence-electron chi connectivity index (χ3n) is 20.8. The molecule has 642 valence electrons. The van der Waals surface area contributed by atoms with Crippen LogP contribution in [0.1, 0.15) is 255 Å². The number of aryl methyl sites for hydroxylation is 4. The summed E-state index contributed by atoms with van der Waals surface area (Å²) in [6, 6.07) is 102. The van der Waals surface area contributed by atoms with Gasteiger partial charge in [-0.2, -0.15) is 0 Å². The summed E-state index contributed by atoms with van der Waals surface area (Å²) in [5.74, 6) is 8.06. The number of para-hydroxylation sites is 1. The Morgan fingerprint density at radius 1 is 0.277 bits per heavy atom. The largest absolute Gasteiger partial charge is 0.365 e. The summed E-state index contributed by atoms with van der Waals surface area (Å²) < 4.78 is 0. The number of hydrogen-bond donors (Lipinski definition) is 2. The molecule has 0 amide bonds. The molecule has 0 aliphatic heterocycles. The summed E-state index contributed by atoms with van der Waals surface area (Å²) in [5.41, 5.74) is 19.3. The first kappa shape index (κ1) is 104. The minimum atomic E-state index is 0. The maximum Gasteiger partial charge on any atom is 0.0456 e. The van der Waals surface area contributed by atoms with Gasteiger partial charge in [-0.3, -0.25) is 0 Å². The van der Waals surface area contributed by atoms with Gasteiger partial charge in [-0.05, 0) is 244 Å². The van der Waals surface area contributed by atoms with Crippen LogP contribution in [-0.4, -0.2) is 9.97 Å². The minimum absolute atomic E-state index is 0. The van der Waals surface area contributed by atoms with Gasteiger partial charge in [0.15, 0.2) is 0 Å². The van der Waals surface area contributed by atoms with Crippen LogP contribution < -0.4 is 0 Å². The Bertz CT molecular complexity index is 4570. The lowest BCUT2D eigenvalue weighted by Crippen LogP contribution is -2.08. The normalized spacial score (nSPS) is 11.5. The highest BCUT2D eigenvalue weighted by Crippen LogP contribution is 2.30. The van der Waals surface area contributed by atoms with E-state index < -0.39 is 0 Å². The predicted octanol–water partition coefficient (Wildman–Crippen LogP) is 35.5. The lowest BCUT2D eigenvalue weighted by Gasteiger charge is -2.22. The van der Waals surface area contributed by atoms with Gasteiger partial charge in [0, 0.05) is 29.0 Å². The number of aromatic amines is 2. The van der Waals surface area contributed by atoms with Gasteiger partial charge in [-0.1, -0.05) is 451 Å². The molecule has 0 unspecified atom stereocenters. The number of hydrogen-bond acceptors (Lipinski definition) is 0. The van der Waals surface area contributed by atoms with Crippen molar-refractivity contribution >= 4 is 32.4 Å². The first-order valence-corrected chi connectivity index (χ1v) is 44.9. The Balaban J connectivity index is 0.000000347. The fraction of sp³-hybridized carbons (Fsp3) is 0.419. The van der Waals surface area contributed by atoms with E-state index in [-0.39, 0.29) is 22.3 Å². The molecular formula is C117H164N2. The zero-order valence-corrected chi connectivity index (χ0v) is 75.6. The zero-order valence-electron chi connectivity index (χ0n) is 75.6. The average Bonchev–Trinajstić information content (AvgIpc) is 1.83. The van der Waals surface area contributed by atoms with Crippen molar-refractivity contribution in [2.45, 2.75) is 263 Å². The van der Waals surface area contributed by atoms with E-state index in [2.05, 4.69) is 427 Å². The molecule has 13 aromatic rings. The third kappa shape index (κ3) is 44.0. The minimum Gasteiger partial charge on any atom is -0.365 e. The molecule has 2 N–H and O–H groups in total. The number of benzene rings is 11. The lowest BCUT2D eigenvalue weighted by molar-refractivity contribution is 0.305. The molecule has 14 rings (SSSR count). The van der Waals surface area contributed by atoms with Crippen LogP contribution >= 0.6 is 0 Å². The Labute approximate surface area is 729 Å². The van der Waals surface area contributed by atoms with Gasteiger partial charge < -0.3 is 9.97 Å². The van der Waals surface area contributed by atoms with Crippen molar-refractivity contribution in [3.8, 4) is 22.3 Å². The Hall–Kier alpha value is -9.24. The van der Waals surface area contributed by atoms with Gasteiger partial charge in [0.2, 0.25) is 0 Å². The average molecular weight is 1600 g/mol. The molecule has 2 heteroatoms. The summed E-state index contributed by atoms with van der Waals surface area (Å²) in [5, 5.41) is 6.82. The van der Waals surface area contributed by atoms with Crippen LogP contribution in [0.15, 0.2) is 298 Å². The van der Waals surface area contributed by atoms with E-state index >= 15 is 0 Å². The van der Waals surface area contributed by atoms with Crippen LogP contribution in [0.2, 0.25) is 0 Å². The lowest BCUT2D eigenvalue weighted by atomic mass is 9.84. The third-order valence-corrected chi connectivity index (χ3v) is 20.8. The van der Waals surface area contributed by atoms with Gasteiger partial charge in [-0.15, -0.1) is 0 Å². The molecule has 0 saturated heterocycles. The number of rotatable bonds is 23. The van der Waals surface area contributed by atoms with Crippen molar-refractivity contribution in [1.82, 2.24) is 9.97 Å². The SMILES string of the molecule is C.C.C.CC(C)CC1CCCCC1.CC(C)CCc1ccc(-c2ccccc2)cc1.CC(C)CCc1ccccc1.CC(C)Cc1c[nH]c2ccccc12.CC(C)Cc1ccc(-c2ccccc2)cc1.CC(C)Cc1ccc2ccccc2c1.CC(C)Cc1ccc[nH]1.CC(C)Cc1cccc2ccccc12.Cc1ccc(CCC(C)C)cc1. The second-order valence-corrected chi connectivity index (χ2v) is 36.4. The van der Waals surface area contributed by atoms with Crippen LogP contribution in [0, 0.1) is 66.1 Å². The number of nitrogens with one attached hydrogen (secondary N) is 2. The van der Waals surface area contributed by atoms with Crippen LogP contribution in [-0.2, 0) is 51.4 Å². The van der Waals surface area contributed by atoms with Crippen molar-refractivity contribution in [2.75, 3.05) is 0 Å². The molecule has 119 heavy (non-hydrogen) atoms. The zero-order chi connectivity index (χ0) is 83.8. The van der Waals surface area contributed by atoms with E-state index in [1.54, 1.807) is 0 Å². The molecule has 2 heterocycles. The van der Waals surface area contributed by atoms with Crippen molar-refractivity contribution in [2.24, 2.45) is 59.2 Å². The van der Waals surface area contributed by atoms with Crippen LogP contribution in [0.5, 0.6) is 0 Å². The molecule has 2 aromatic heterocycles. The number of aromatic nitrogens is 2. The Kier molecular flexibility index (Phi) is 51.9. The van der Waals surface area contributed by atoms with Gasteiger partial charge in [-0.25, -0.2) is 0 Å². The highest BCUT2D eigenvalue weighted by atomic mass is 14.7. The summed E-state index contributed by atoms with van der Waals surface area (Å²) in [6.45, 7) is 43.0. The van der Waals surface area contributed by atoms with Crippen LogP contribution in [0.25, 0.3) is 54.7 Å². The number of fused-ring (bicyclic) bond motifs is 3. The van der Waals surface area contributed by atoms with Gasteiger partial charge >= 0.3 is 0 Å². The molecule has 0 spiro atoms. The van der Waals surface area contributed by atoms with E-state index in [0.717, 1.165) is 78.4 Å². The fourth-order valence-corrected chi connectivity index (χ4v) is 14.7. The molecule has 1 fully saturated rings. The molecule has 1 aliphatic rings. The molecule has 0 bridgehead atoms. The van der Waals surface area contributed by atoms with Gasteiger partial charge in [0.1, 0.15) is 0 Å². The summed E-state index contributed by atoms with van der Waals surface area (Å²) in [6.07, 6.45) is 26.4. The Morgan fingerprint density at radius 3 is 1.15 bits per heavy atom. The van der Waals surface area contributed by atoms with E-state index in [4.69, 9.17) is 0 Å². The fourth-order valence-electron chi connectivity index (χ4n) is 14.7. The monoisotopic (exact) mass is 1600 g/mol.